The molecule has 1 unspecified atom stereocenters. The molecule has 0 bridgehead atoms. The van der Waals surface area contributed by atoms with Crippen LogP contribution in [0.4, 0.5) is 4.39 Å². The minimum absolute atomic E-state index is 0.121. The van der Waals surface area contributed by atoms with Gasteiger partial charge in [-0.1, -0.05) is 0 Å². The molecule has 80 valence electrons. The Morgan fingerprint density at radius 1 is 1.50 bits per heavy atom. The lowest BCUT2D eigenvalue weighted by Gasteiger charge is -2.05. The highest BCUT2D eigenvalue weighted by atomic mass is 19.1. The molecule has 14 heavy (non-hydrogen) atoms. The summed E-state index contributed by atoms with van der Waals surface area (Å²) in [6.45, 7) is 5.84. The van der Waals surface area contributed by atoms with Crippen molar-refractivity contribution in [2.75, 3.05) is 6.67 Å². The number of nitrogens with zero attached hydrogens (tertiary/aromatic N) is 2. The van der Waals surface area contributed by atoms with Crippen molar-refractivity contribution in [1.29, 1.82) is 0 Å². The minimum Gasteiger partial charge on any atom is -0.328 e. The van der Waals surface area contributed by atoms with E-state index < -0.39 is 0 Å². The zero-order valence-corrected chi connectivity index (χ0v) is 9.05. The molecule has 1 rings (SSSR count). The highest BCUT2D eigenvalue weighted by molar-refractivity contribution is 5.25. The molecule has 1 aromatic rings. The lowest BCUT2D eigenvalue weighted by Crippen LogP contribution is -2.18. The number of nitrogens with two attached hydrogens (primary N) is 1. The smallest absolute Gasteiger partial charge is 0.109 e. The van der Waals surface area contributed by atoms with E-state index in [1.165, 1.54) is 0 Å². The SMILES string of the molecule is Cc1nn(CCF)c(C)c1CC(C)N. The molecule has 0 saturated heterocycles. The molecule has 1 atom stereocenters. The van der Waals surface area contributed by atoms with Gasteiger partial charge in [-0.2, -0.15) is 5.10 Å². The van der Waals surface area contributed by atoms with Crippen molar-refractivity contribution in [1.82, 2.24) is 9.78 Å². The van der Waals surface area contributed by atoms with Crippen molar-refractivity contribution >= 4 is 0 Å². The Hall–Kier alpha value is -0.900. The quantitative estimate of drug-likeness (QED) is 0.795. The average Bonchev–Trinajstić information content (AvgIpc) is 2.33. The van der Waals surface area contributed by atoms with E-state index in [4.69, 9.17) is 5.73 Å². The fraction of sp³-hybridized carbons (Fsp3) is 0.700. The molecule has 0 fully saturated rings. The van der Waals surface area contributed by atoms with Gasteiger partial charge in [0.25, 0.3) is 0 Å². The molecular weight excluding hydrogens is 181 g/mol. The summed E-state index contributed by atoms with van der Waals surface area (Å²) < 4.78 is 13.9. The summed E-state index contributed by atoms with van der Waals surface area (Å²) in [5, 5.41) is 4.27. The highest BCUT2D eigenvalue weighted by Crippen LogP contribution is 2.14. The molecule has 4 heteroatoms. The fourth-order valence-electron chi connectivity index (χ4n) is 1.65. The van der Waals surface area contributed by atoms with Gasteiger partial charge in [0.05, 0.1) is 12.2 Å². The summed E-state index contributed by atoms with van der Waals surface area (Å²) in [7, 11) is 0. The fourth-order valence-corrected chi connectivity index (χ4v) is 1.65. The van der Waals surface area contributed by atoms with Gasteiger partial charge in [0, 0.05) is 11.7 Å². The van der Waals surface area contributed by atoms with Crippen molar-refractivity contribution in [3.63, 3.8) is 0 Å². The summed E-state index contributed by atoms with van der Waals surface area (Å²) in [6, 6.07) is 0.121. The van der Waals surface area contributed by atoms with Gasteiger partial charge in [0.15, 0.2) is 0 Å². The van der Waals surface area contributed by atoms with Crippen LogP contribution in [0.25, 0.3) is 0 Å². The Bertz CT molecular complexity index is 305. The molecule has 0 saturated carbocycles. The van der Waals surface area contributed by atoms with Crippen molar-refractivity contribution < 1.29 is 4.39 Å². The molecule has 0 spiro atoms. The number of rotatable bonds is 4. The summed E-state index contributed by atoms with van der Waals surface area (Å²) >= 11 is 0. The normalized spacial score (nSPS) is 13.2. The molecule has 0 aromatic carbocycles. The maximum Gasteiger partial charge on any atom is 0.109 e. The highest BCUT2D eigenvalue weighted by Gasteiger charge is 2.12. The molecule has 1 aromatic heterocycles. The van der Waals surface area contributed by atoms with E-state index in [-0.39, 0.29) is 12.7 Å². The third-order valence-electron chi connectivity index (χ3n) is 2.35. The first-order chi connectivity index (χ1) is 6.56. The molecule has 3 nitrogen and oxygen atoms in total. The van der Waals surface area contributed by atoms with E-state index in [0.717, 1.165) is 23.4 Å². The minimum atomic E-state index is -0.375. The molecule has 0 aliphatic rings. The van der Waals surface area contributed by atoms with Crippen LogP contribution in [0.15, 0.2) is 0 Å². The van der Waals surface area contributed by atoms with Gasteiger partial charge in [-0.05, 0) is 32.8 Å². The monoisotopic (exact) mass is 199 g/mol. The number of aryl methyl sites for hydroxylation is 2. The summed E-state index contributed by atoms with van der Waals surface area (Å²) in [5.41, 5.74) is 8.90. The van der Waals surface area contributed by atoms with E-state index in [0.29, 0.717) is 6.54 Å². The van der Waals surface area contributed by atoms with Crippen molar-refractivity contribution in [3.8, 4) is 0 Å². The largest absolute Gasteiger partial charge is 0.328 e. The van der Waals surface area contributed by atoms with Gasteiger partial charge in [0.2, 0.25) is 0 Å². The number of aromatic nitrogens is 2. The number of hydrogen-bond donors (Lipinski definition) is 1. The van der Waals surface area contributed by atoms with Crippen LogP contribution in [0, 0.1) is 13.8 Å². The third-order valence-corrected chi connectivity index (χ3v) is 2.35. The molecular formula is C10H18FN3. The van der Waals surface area contributed by atoms with Crippen molar-refractivity contribution in [2.24, 2.45) is 5.73 Å². The molecule has 1 heterocycles. The maximum absolute atomic E-state index is 12.2. The van der Waals surface area contributed by atoms with Crippen LogP contribution in [-0.4, -0.2) is 22.5 Å². The molecule has 0 aliphatic heterocycles. The predicted octanol–water partition coefficient (Wildman–Crippen LogP) is 1.36. The second-order valence-corrected chi connectivity index (χ2v) is 3.74. The van der Waals surface area contributed by atoms with Gasteiger partial charge in [0.1, 0.15) is 6.67 Å². The first-order valence-corrected chi connectivity index (χ1v) is 4.90. The maximum atomic E-state index is 12.2. The molecule has 0 radical (unpaired) electrons. The zero-order valence-electron chi connectivity index (χ0n) is 9.05. The Balaban J connectivity index is 2.92. The van der Waals surface area contributed by atoms with Crippen molar-refractivity contribution in [2.45, 2.75) is 39.8 Å². The van der Waals surface area contributed by atoms with E-state index >= 15 is 0 Å². The summed E-state index contributed by atoms with van der Waals surface area (Å²) in [5.74, 6) is 0. The summed E-state index contributed by atoms with van der Waals surface area (Å²) in [4.78, 5) is 0. The topological polar surface area (TPSA) is 43.8 Å². The van der Waals surface area contributed by atoms with Gasteiger partial charge in [-0.25, -0.2) is 4.39 Å². The Labute approximate surface area is 84.1 Å². The Kier molecular flexibility index (Phi) is 3.63. The molecule has 0 aliphatic carbocycles. The predicted molar refractivity (Wildman–Crippen MR) is 55.0 cm³/mol. The summed E-state index contributed by atoms with van der Waals surface area (Å²) in [6.07, 6.45) is 0.809. The first kappa shape index (κ1) is 11.2. The second kappa shape index (κ2) is 4.55. The zero-order chi connectivity index (χ0) is 10.7. The van der Waals surface area contributed by atoms with Crippen LogP contribution in [0.1, 0.15) is 23.9 Å². The van der Waals surface area contributed by atoms with Gasteiger partial charge in [-0.15, -0.1) is 0 Å². The Morgan fingerprint density at radius 3 is 2.64 bits per heavy atom. The van der Waals surface area contributed by atoms with Gasteiger partial charge in [-0.3, -0.25) is 4.68 Å². The van der Waals surface area contributed by atoms with Crippen molar-refractivity contribution in [3.05, 3.63) is 17.0 Å². The lowest BCUT2D eigenvalue weighted by atomic mass is 10.1. The van der Waals surface area contributed by atoms with Crippen LogP contribution >= 0.6 is 0 Å². The van der Waals surface area contributed by atoms with E-state index in [2.05, 4.69) is 5.10 Å². The van der Waals surface area contributed by atoms with E-state index in [1.54, 1.807) is 4.68 Å². The first-order valence-electron chi connectivity index (χ1n) is 4.90. The van der Waals surface area contributed by atoms with Crippen LogP contribution in [-0.2, 0) is 13.0 Å². The number of hydrogen-bond acceptors (Lipinski definition) is 2. The van der Waals surface area contributed by atoms with Gasteiger partial charge >= 0.3 is 0 Å². The molecule has 2 N–H and O–H groups in total. The van der Waals surface area contributed by atoms with E-state index in [1.807, 2.05) is 20.8 Å². The number of alkyl halides is 1. The van der Waals surface area contributed by atoms with Crippen LogP contribution < -0.4 is 5.73 Å². The number of halogens is 1. The second-order valence-electron chi connectivity index (χ2n) is 3.74. The third kappa shape index (κ3) is 2.32. The Morgan fingerprint density at radius 2 is 2.14 bits per heavy atom. The van der Waals surface area contributed by atoms with Gasteiger partial charge < -0.3 is 5.73 Å². The van der Waals surface area contributed by atoms with Crippen LogP contribution in [0.5, 0.6) is 0 Å². The average molecular weight is 199 g/mol. The van der Waals surface area contributed by atoms with E-state index in [9.17, 15) is 4.39 Å². The standard InChI is InChI=1S/C10H18FN3/c1-7(12)6-10-8(2)13-14(5-4-11)9(10)3/h7H,4-6,12H2,1-3H3. The van der Waals surface area contributed by atoms with Crippen LogP contribution in [0.3, 0.4) is 0 Å². The molecule has 0 amide bonds. The van der Waals surface area contributed by atoms with Crippen LogP contribution in [0.2, 0.25) is 0 Å². The lowest BCUT2D eigenvalue weighted by molar-refractivity contribution is 0.422.